The SMILES string of the molecule is Cc1ccsc1-c1nc(C(C)(C)CN)sc1C. The highest BCUT2D eigenvalue weighted by atomic mass is 32.1. The molecule has 2 nitrogen and oxygen atoms in total. The van der Waals surface area contributed by atoms with Gasteiger partial charge in [-0.1, -0.05) is 13.8 Å². The summed E-state index contributed by atoms with van der Waals surface area (Å²) < 4.78 is 0. The van der Waals surface area contributed by atoms with E-state index in [1.807, 2.05) is 0 Å². The van der Waals surface area contributed by atoms with Gasteiger partial charge in [-0.3, -0.25) is 0 Å². The van der Waals surface area contributed by atoms with Crippen molar-refractivity contribution in [3.8, 4) is 10.6 Å². The average molecular weight is 266 g/mol. The van der Waals surface area contributed by atoms with Crippen molar-refractivity contribution >= 4 is 22.7 Å². The molecule has 0 aromatic carbocycles. The van der Waals surface area contributed by atoms with Crippen LogP contribution >= 0.6 is 22.7 Å². The Morgan fingerprint density at radius 1 is 1.35 bits per heavy atom. The van der Waals surface area contributed by atoms with Gasteiger partial charge in [-0.05, 0) is 30.9 Å². The molecule has 0 bridgehead atoms. The van der Waals surface area contributed by atoms with Crippen LogP contribution in [-0.2, 0) is 5.41 Å². The Hall–Kier alpha value is -0.710. The van der Waals surface area contributed by atoms with Gasteiger partial charge < -0.3 is 5.73 Å². The van der Waals surface area contributed by atoms with Gasteiger partial charge in [-0.2, -0.15) is 0 Å². The molecule has 0 fully saturated rings. The third kappa shape index (κ3) is 2.30. The van der Waals surface area contributed by atoms with Crippen molar-refractivity contribution < 1.29 is 0 Å². The lowest BCUT2D eigenvalue weighted by atomic mass is 9.95. The highest BCUT2D eigenvalue weighted by molar-refractivity contribution is 7.15. The van der Waals surface area contributed by atoms with Crippen molar-refractivity contribution in [2.45, 2.75) is 33.1 Å². The molecule has 4 heteroatoms. The molecule has 0 saturated heterocycles. The highest BCUT2D eigenvalue weighted by Gasteiger charge is 2.25. The topological polar surface area (TPSA) is 38.9 Å². The summed E-state index contributed by atoms with van der Waals surface area (Å²) in [5.41, 5.74) is 8.23. The number of rotatable bonds is 3. The maximum Gasteiger partial charge on any atom is 0.100 e. The number of nitrogens with zero attached hydrogens (tertiary/aromatic N) is 1. The van der Waals surface area contributed by atoms with Crippen molar-refractivity contribution in [3.05, 3.63) is 26.9 Å². The van der Waals surface area contributed by atoms with Gasteiger partial charge in [0.15, 0.2) is 0 Å². The first kappa shape index (κ1) is 12.7. The molecule has 0 radical (unpaired) electrons. The summed E-state index contributed by atoms with van der Waals surface area (Å²) in [6, 6.07) is 2.15. The van der Waals surface area contributed by atoms with Crippen LogP contribution in [0.1, 0.15) is 29.3 Å². The zero-order valence-corrected chi connectivity index (χ0v) is 12.3. The molecular formula is C13H18N2S2. The van der Waals surface area contributed by atoms with Crippen molar-refractivity contribution in [1.82, 2.24) is 4.98 Å². The van der Waals surface area contributed by atoms with Crippen LogP contribution < -0.4 is 5.73 Å². The number of hydrogen-bond donors (Lipinski definition) is 1. The second-order valence-electron chi connectivity index (χ2n) is 4.94. The fourth-order valence-electron chi connectivity index (χ4n) is 1.60. The minimum atomic E-state index is -0.0289. The van der Waals surface area contributed by atoms with Gasteiger partial charge in [0.1, 0.15) is 5.01 Å². The van der Waals surface area contributed by atoms with Gasteiger partial charge in [-0.25, -0.2) is 4.98 Å². The molecule has 2 aromatic rings. The molecule has 17 heavy (non-hydrogen) atoms. The van der Waals surface area contributed by atoms with E-state index in [2.05, 4.69) is 39.1 Å². The minimum Gasteiger partial charge on any atom is -0.330 e. The summed E-state index contributed by atoms with van der Waals surface area (Å²) >= 11 is 3.53. The monoisotopic (exact) mass is 266 g/mol. The van der Waals surface area contributed by atoms with E-state index < -0.39 is 0 Å². The van der Waals surface area contributed by atoms with E-state index in [-0.39, 0.29) is 5.41 Å². The predicted octanol–water partition coefficient (Wildman–Crippen LogP) is 3.72. The first-order valence-electron chi connectivity index (χ1n) is 5.68. The van der Waals surface area contributed by atoms with Gasteiger partial charge in [-0.15, -0.1) is 22.7 Å². The van der Waals surface area contributed by atoms with Gasteiger partial charge in [0.2, 0.25) is 0 Å². The second-order valence-corrected chi connectivity index (χ2v) is 7.06. The number of nitrogens with two attached hydrogens (primary N) is 1. The molecule has 0 amide bonds. The Kier molecular flexibility index (Phi) is 3.39. The molecule has 0 aliphatic heterocycles. The third-order valence-electron chi connectivity index (χ3n) is 2.96. The van der Waals surface area contributed by atoms with Crippen LogP contribution in [0.4, 0.5) is 0 Å². The average Bonchev–Trinajstić information content (AvgIpc) is 2.85. The maximum atomic E-state index is 5.82. The largest absolute Gasteiger partial charge is 0.330 e. The van der Waals surface area contributed by atoms with Crippen molar-refractivity contribution in [2.24, 2.45) is 5.73 Å². The fourth-order valence-corrected chi connectivity index (χ4v) is 3.67. The molecule has 0 aliphatic rings. The van der Waals surface area contributed by atoms with E-state index in [4.69, 9.17) is 10.7 Å². The normalized spacial score (nSPS) is 12.1. The summed E-state index contributed by atoms with van der Waals surface area (Å²) in [5.74, 6) is 0. The van der Waals surface area contributed by atoms with Crippen molar-refractivity contribution in [1.29, 1.82) is 0 Å². The number of thiazole rings is 1. The molecular weight excluding hydrogens is 248 g/mol. The minimum absolute atomic E-state index is 0.0289. The fraction of sp³-hybridized carbons (Fsp3) is 0.462. The molecule has 0 saturated carbocycles. The Labute approximate surface area is 111 Å². The molecule has 92 valence electrons. The van der Waals surface area contributed by atoms with Gasteiger partial charge in [0.05, 0.1) is 10.6 Å². The molecule has 0 spiro atoms. The van der Waals surface area contributed by atoms with Crippen molar-refractivity contribution in [3.63, 3.8) is 0 Å². The zero-order valence-electron chi connectivity index (χ0n) is 10.7. The number of aryl methyl sites for hydroxylation is 2. The summed E-state index contributed by atoms with van der Waals surface area (Å²) in [6.07, 6.45) is 0. The van der Waals surface area contributed by atoms with Crippen LogP contribution in [0.25, 0.3) is 10.6 Å². The second kappa shape index (κ2) is 4.52. The predicted molar refractivity (Wildman–Crippen MR) is 77.0 cm³/mol. The summed E-state index contributed by atoms with van der Waals surface area (Å²) in [7, 11) is 0. The quantitative estimate of drug-likeness (QED) is 0.919. The highest BCUT2D eigenvalue weighted by Crippen LogP contribution is 2.37. The molecule has 0 atom stereocenters. The van der Waals surface area contributed by atoms with E-state index in [1.165, 1.54) is 15.3 Å². The lowest BCUT2D eigenvalue weighted by Crippen LogP contribution is -2.27. The molecule has 0 unspecified atom stereocenters. The molecule has 0 aliphatic carbocycles. The third-order valence-corrected chi connectivity index (χ3v) is 5.32. The van der Waals surface area contributed by atoms with E-state index in [0.29, 0.717) is 6.54 Å². The molecule has 2 aromatic heterocycles. The van der Waals surface area contributed by atoms with Crippen LogP contribution in [-0.4, -0.2) is 11.5 Å². The molecule has 2 N–H and O–H groups in total. The van der Waals surface area contributed by atoms with Crippen LogP contribution in [0.15, 0.2) is 11.4 Å². The summed E-state index contributed by atoms with van der Waals surface area (Å²) in [5, 5.41) is 3.26. The standard InChI is InChI=1S/C13H18N2S2/c1-8-5-6-16-11(8)10-9(2)17-12(15-10)13(3,4)7-14/h5-6H,7,14H2,1-4H3. The smallest absolute Gasteiger partial charge is 0.100 e. The van der Waals surface area contributed by atoms with E-state index in [0.717, 1.165) is 10.7 Å². The molecule has 2 rings (SSSR count). The number of aromatic nitrogens is 1. The van der Waals surface area contributed by atoms with E-state index in [9.17, 15) is 0 Å². The van der Waals surface area contributed by atoms with Crippen LogP contribution in [0, 0.1) is 13.8 Å². The van der Waals surface area contributed by atoms with E-state index in [1.54, 1.807) is 22.7 Å². The van der Waals surface area contributed by atoms with Gasteiger partial charge in [0.25, 0.3) is 0 Å². The Balaban J connectivity index is 2.49. The maximum absolute atomic E-state index is 5.82. The van der Waals surface area contributed by atoms with Gasteiger partial charge >= 0.3 is 0 Å². The zero-order chi connectivity index (χ0) is 12.6. The Morgan fingerprint density at radius 2 is 2.06 bits per heavy atom. The van der Waals surface area contributed by atoms with Crippen LogP contribution in [0.2, 0.25) is 0 Å². The van der Waals surface area contributed by atoms with Crippen LogP contribution in [0.5, 0.6) is 0 Å². The summed E-state index contributed by atoms with van der Waals surface area (Å²) in [6.45, 7) is 9.20. The van der Waals surface area contributed by atoms with Crippen molar-refractivity contribution in [2.75, 3.05) is 6.54 Å². The van der Waals surface area contributed by atoms with Gasteiger partial charge in [0, 0.05) is 16.8 Å². The lowest BCUT2D eigenvalue weighted by molar-refractivity contribution is 0.536. The Bertz CT molecular complexity index is 523. The first-order valence-corrected chi connectivity index (χ1v) is 7.38. The molecule has 2 heterocycles. The summed E-state index contributed by atoms with van der Waals surface area (Å²) in [4.78, 5) is 7.38. The lowest BCUT2D eigenvalue weighted by Gasteiger charge is -2.18. The number of hydrogen-bond acceptors (Lipinski definition) is 4. The van der Waals surface area contributed by atoms with E-state index >= 15 is 0 Å². The van der Waals surface area contributed by atoms with Crippen LogP contribution in [0.3, 0.4) is 0 Å². The Morgan fingerprint density at radius 3 is 2.59 bits per heavy atom. The first-order chi connectivity index (χ1) is 7.95. The number of thiophene rings is 1.